The molecule has 130 valence electrons. The van der Waals surface area contributed by atoms with Gasteiger partial charge in [0.2, 0.25) is 0 Å². The lowest BCUT2D eigenvalue weighted by Gasteiger charge is -2.25. The molecule has 1 aromatic carbocycles. The van der Waals surface area contributed by atoms with E-state index in [1.54, 1.807) is 7.11 Å². The van der Waals surface area contributed by atoms with Gasteiger partial charge in [-0.1, -0.05) is 18.2 Å². The zero-order valence-electron chi connectivity index (χ0n) is 13.6. The fraction of sp³-hybridized carbons (Fsp3) is 0.625. The van der Waals surface area contributed by atoms with Crippen molar-refractivity contribution in [2.75, 3.05) is 38.8 Å². The number of hydrogen-bond donors (Lipinski definition) is 1. The van der Waals surface area contributed by atoms with E-state index in [-0.39, 0.29) is 24.2 Å². The third-order valence-corrected chi connectivity index (χ3v) is 5.84. The Hall–Kier alpha value is -1.15. The van der Waals surface area contributed by atoms with Crippen molar-refractivity contribution < 1.29 is 23.0 Å². The van der Waals surface area contributed by atoms with E-state index in [1.165, 1.54) is 0 Å². The number of aliphatic hydroxyl groups is 1. The topological polar surface area (TPSA) is 76.1 Å². The average molecular weight is 343 g/mol. The number of likely N-dealkylation sites (N-methyl/N-ethyl adjacent to an activating group) is 1. The molecular formula is C16H25NO5S. The molecule has 1 aliphatic heterocycles. The van der Waals surface area contributed by atoms with Crippen LogP contribution in [0.4, 0.5) is 0 Å². The summed E-state index contributed by atoms with van der Waals surface area (Å²) in [5.74, 6) is 1.18. The molecule has 1 aromatic rings. The van der Waals surface area contributed by atoms with Crippen molar-refractivity contribution in [1.29, 1.82) is 0 Å². The lowest BCUT2D eigenvalue weighted by Crippen LogP contribution is -2.39. The smallest absolute Gasteiger partial charge is 0.151 e. The third-order valence-electron chi connectivity index (χ3n) is 4.09. The molecule has 23 heavy (non-hydrogen) atoms. The minimum absolute atomic E-state index is 0.0103. The molecule has 1 N–H and O–H groups in total. The largest absolute Gasteiger partial charge is 0.496 e. The maximum absolute atomic E-state index is 11.5. The monoisotopic (exact) mass is 343 g/mol. The van der Waals surface area contributed by atoms with E-state index in [0.717, 1.165) is 11.3 Å². The molecule has 0 aromatic heterocycles. The average Bonchev–Trinajstić information content (AvgIpc) is 2.88. The first kappa shape index (κ1) is 18.2. The summed E-state index contributed by atoms with van der Waals surface area (Å²) in [5.41, 5.74) is 0.928. The Morgan fingerprint density at radius 2 is 2.13 bits per heavy atom. The van der Waals surface area contributed by atoms with Crippen LogP contribution in [0.3, 0.4) is 0 Å². The Balaban J connectivity index is 1.74. The second-order valence-electron chi connectivity index (χ2n) is 5.98. The van der Waals surface area contributed by atoms with E-state index < -0.39 is 15.9 Å². The van der Waals surface area contributed by atoms with E-state index in [9.17, 15) is 13.5 Å². The van der Waals surface area contributed by atoms with Crippen molar-refractivity contribution in [2.24, 2.45) is 0 Å². The Bertz CT molecular complexity index is 604. The summed E-state index contributed by atoms with van der Waals surface area (Å²) in [4.78, 5) is 1.90. The summed E-state index contributed by atoms with van der Waals surface area (Å²) in [7, 11) is 0.546. The zero-order valence-corrected chi connectivity index (χ0v) is 14.5. The number of ether oxygens (including phenoxy) is 2. The van der Waals surface area contributed by atoms with E-state index in [2.05, 4.69) is 0 Å². The molecule has 0 amide bonds. The molecule has 0 aliphatic carbocycles. The maximum atomic E-state index is 11.5. The minimum atomic E-state index is -2.91. The van der Waals surface area contributed by atoms with E-state index in [1.807, 2.05) is 36.2 Å². The Labute approximate surface area is 137 Å². The molecule has 1 heterocycles. The zero-order chi connectivity index (χ0) is 16.9. The van der Waals surface area contributed by atoms with E-state index >= 15 is 0 Å². The first-order valence-electron chi connectivity index (χ1n) is 7.69. The van der Waals surface area contributed by atoms with Crippen molar-refractivity contribution >= 4 is 9.84 Å². The quantitative estimate of drug-likeness (QED) is 0.748. The summed E-state index contributed by atoms with van der Waals surface area (Å²) >= 11 is 0. The number of aliphatic hydroxyl groups excluding tert-OH is 1. The van der Waals surface area contributed by atoms with Crippen molar-refractivity contribution in [3.05, 3.63) is 29.8 Å². The van der Waals surface area contributed by atoms with Gasteiger partial charge >= 0.3 is 0 Å². The molecule has 1 fully saturated rings. The molecule has 2 rings (SSSR count). The molecule has 0 spiro atoms. The van der Waals surface area contributed by atoms with Crippen molar-refractivity contribution in [3.8, 4) is 5.75 Å². The van der Waals surface area contributed by atoms with Gasteiger partial charge in [-0.25, -0.2) is 8.42 Å². The number of hydrogen-bond acceptors (Lipinski definition) is 6. The van der Waals surface area contributed by atoms with Crippen LogP contribution in [0.5, 0.6) is 5.75 Å². The van der Waals surface area contributed by atoms with Gasteiger partial charge in [0.15, 0.2) is 9.84 Å². The summed E-state index contributed by atoms with van der Waals surface area (Å²) in [6.45, 7) is 0.955. The van der Waals surface area contributed by atoms with Crippen LogP contribution in [0, 0.1) is 0 Å². The van der Waals surface area contributed by atoms with Crippen LogP contribution in [0.1, 0.15) is 12.0 Å². The molecule has 6 nitrogen and oxygen atoms in total. The molecule has 0 saturated carbocycles. The maximum Gasteiger partial charge on any atom is 0.151 e. The molecule has 0 radical (unpaired) electrons. The number of benzene rings is 1. The predicted molar refractivity (Wildman–Crippen MR) is 88.3 cm³/mol. The van der Waals surface area contributed by atoms with Crippen LogP contribution >= 0.6 is 0 Å². The van der Waals surface area contributed by atoms with Crippen LogP contribution in [0.15, 0.2) is 24.3 Å². The molecule has 2 atom stereocenters. The highest BCUT2D eigenvalue weighted by Gasteiger charge is 2.31. The second-order valence-corrected chi connectivity index (χ2v) is 8.21. The van der Waals surface area contributed by atoms with Gasteiger partial charge in [-0.15, -0.1) is 0 Å². The van der Waals surface area contributed by atoms with Gasteiger partial charge in [0.05, 0.1) is 37.9 Å². The van der Waals surface area contributed by atoms with Crippen LogP contribution in [0.25, 0.3) is 0 Å². The number of nitrogens with zero attached hydrogens (tertiary/aromatic N) is 1. The summed E-state index contributed by atoms with van der Waals surface area (Å²) < 4.78 is 33.8. The van der Waals surface area contributed by atoms with Crippen molar-refractivity contribution in [2.45, 2.75) is 25.2 Å². The van der Waals surface area contributed by atoms with Crippen LogP contribution < -0.4 is 4.74 Å². The van der Waals surface area contributed by atoms with Gasteiger partial charge in [0.1, 0.15) is 5.75 Å². The van der Waals surface area contributed by atoms with Gasteiger partial charge in [0, 0.05) is 18.2 Å². The molecule has 7 heteroatoms. The van der Waals surface area contributed by atoms with Gasteiger partial charge in [-0.3, -0.25) is 4.90 Å². The fourth-order valence-electron chi connectivity index (χ4n) is 2.78. The Morgan fingerprint density at radius 1 is 1.39 bits per heavy atom. The minimum Gasteiger partial charge on any atom is -0.496 e. The Kier molecular flexibility index (Phi) is 6.41. The first-order chi connectivity index (χ1) is 10.9. The predicted octanol–water partition coefficient (Wildman–Crippen LogP) is 0.692. The first-order valence-corrected chi connectivity index (χ1v) is 9.52. The van der Waals surface area contributed by atoms with Gasteiger partial charge < -0.3 is 14.6 Å². The van der Waals surface area contributed by atoms with E-state index in [4.69, 9.17) is 9.47 Å². The van der Waals surface area contributed by atoms with Gasteiger partial charge in [-0.05, 0) is 19.5 Å². The molecule has 2 unspecified atom stereocenters. The van der Waals surface area contributed by atoms with Crippen LogP contribution in [0.2, 0.25) is 0 Å². The lowest BCUT2D eigenvalue weighted by molar-refractivity contribution is 0.00863. The molecule has 1 aliphatic rings. The molecule has 1 saturated heterocycles. The number of sulfone groups is 1. The van der Waals surface area contributed by atoms with Crippen molar-refractivity contribution in [3.63, 3.8) is 0 Å². The highest BCUT2D eigenvalue weighted by molar-refractivity contribution is 7.91. The summed E-state index contributed by atoms with van der Waals surface area (Å²) in [6, 6.07) is 7.57. The van der Waals surface area contributed by atoms with Crippen molar-refractivity contribution in [1.82, 2.24) is 4.90 Å². The van der Waals surface area contributed by atoms with Crippen LogP contribution in [-0.4, -0.2) is 69.4 Å². The third kappa shape index (κ3) is 5.46. The standard InChI is InChI=1S/C16H25NO5S/c1-17(14-7-8-23(19,20)12-14)9-15(18)11-22-10-13-5-3-4-6-16(13)21-2/h3-6,14-15,18H,7-12H2,1-2H3. The SMILES string of the molecule is COc1ccccc1COCC(O)CN(C)C1CCS(=O)(=O)C1. The summed E-state index contributed by atoms with van der Waals surface area (Å²) in [6.07, 6.45) is -0.0221. The molecule has 0 bridgehead atoms. The highest BCUT2D eigenvalue weighted by Crippen LogP contribution is 2.19. The summed E-state index contributed by atoms with van der Waals surface area (Å²) in [5, 5.41) is 10.1. The normalized spacial score (nSPS) is 21.5. The van der Waals surface area contributed by atoms with E-state index in [0.29, 0.717) is 19.6 Å². The van der Waals surface area contributed by atoms with Crippen LogP contribution in [-0.2, 0) is 21.2 Å². The fourth-order valence-corrected chi connectivity index (χ4v) is 4.59. The van der Waals surface area contributed by atoms with Gasteiger partial charge in [0.25, 0.3) is 0 Å². The number of para-hydroxylation sites is 1. The van der Waals surface area contributed by atoms with Gasteiger partial charge in [-0.2, -0.15) is 0 Å². The molecular weight excluding hydrogens is 318 g/mol. The second kappa shape index (κ2) is 8.10. The lowest BCUT2D eigenvalue weighted by atomic mass is 10.2. The highest BCUT2D eigenvalue weighted by atomic mass is 32.2. The number of methoxy groups -OCH3 is 1. The number of rotatable bonds is 8. The Morgan fingerprint density at radius 3 is 2.78 bits per heavy atom.